The van der Waals surface area contributed by atoms with E-state index in [9.17, 15) is 14.7 Å². The second-order valence-electron chi connectivity index (χ2n) is 8.28. The van der Waals surface area contributed by atoms with Crippen LogP contribution in [-0.2, 0) is 4.74 Å². The molecule has 0 aliphatic carbocycles. The maximum absolute atomic E-state index is 12.7. The van der Waals surface area contributed by atoms with E-state index in [0.29, 0.717) is 57.2 Å². The van der Waals surface area contributed by atoms with Crippen molar-refractivity contribution in [3.05, 3.63) is 29.8 Å². The summed E-state index contributed by atoms with van der Waals surface area (Å²) in [7, 11) is 0. The molecule has 0 unspecified atom stereocenters. The largest absolute Gasteiger partial charge is 0.389 e. The summed E-state index contributed by atoms with van der Waals surface area (Å²) in [6.45, 7) is 11.6. The lowest BCUT2D eigenvalue weighted by Crippen LogP contribution is -2.52. The summed E-state index contributed by atoms with van der Waals surface area (Å²) in [6, 6.07) is 6.78. The van der Waals surface area contributed by atoms with Crippen LogP contribution < -0.4 is 10.6 Å². The highest BCUT2D eigenvalue weighted by atomic mass is 16.5. The summed E-state index contributed by atoms with van der Waals surface area (Å²) in [5, 5.41) is 15.8. The van der Waals surface area contributed by atoms with E-state index in [1.54, 1.807) is 29.2 Å². The number of carbonyl (C=O) groups excluding carboxylic acids is 2. The number of nitrogens with one attached hydrogen (secondary N) is 2. The third kappa shape index (κ3) is 7.64. The summed E-state index contributed by atoms with van der Waals surface area (Å²) >= 11 is 0. The molecule has 1 saturated heterocycles. The van der Waals surface area contributed by atoms with E-state index in [-0.39, 0.29) is 17.5 Å². The SMILES string of the molecule is CCOC[C@H](O)CN1CCN(C(=O)Nc2ccccc2C(=O)NC(C)(C)C)CC1. The molecule has 3 N–H and O–H groups in total. The third-order valence-electron chi connectivity index (χ3n) is 4.54. The zero-order valence-corrected chi connectivity index (χ0v) is 17.9. The van der Waals surface area contributed by atoms with Crippen molar-refractivity contribution in [3.63, 3.8) is 0 Å². The molecule has 1 heterocycles. The number of ether oxygens (including phenoxy) is 1. The molecule has 8 nitrogen and oxygen atoms in total. The number of amides is 3. The number of nitrogens with zero attached hydrogens (tertiary/aromatic N) is 2. The number of urea groups is 1. The third-order valence-corrected chi connectivity index (χ3v) is 4.54. The molecule has 0 saturated carbocycles. The normalized spacial score (nSPS) is 16.4. The van der Waals surface area contributed by atoms with Gasteiger partial charge in [-0.15, -0.1) is 0 Å². The first-order valence-electron chi connectivity index (χ1n) is 10.1. The van der Waals surface area contributed by atoms with Gasteiger partial charge in [0.1, 0.15) is 0 Å². The Bertz CT molecular complexity index is 682. The van der Waals surface area contributed by atoms with E-state index < -0.39 is 6.10 Å². The predicted octanol–water partition coefficient (Wildman–Crippen LogP) is 1.76. The van der Waals surface area contributed by atoms with Crippen LogP contribution in [0.4, 0.5) is 10.5 Å². The van der Waals surface area contributed by atoms with Crippen LogP contribution in [0.5, 0.6) is 0 Å². The lowest BCUT2D eigenvalue weighted by atomic mass is 10.1. The van der Waals surface area contributed by atoms with E-state index in [1.165, 1.54) is 0 Å². The number of β-amino-alcohol motifs (C(OH)–C–C–N with tert-alkyl or cyclic N) is 1. The molecule has 8 heteroatoms. The molecular formula is C21H34N4O4. The van der Waals surface area contributed by atoms with E-state index in [1.807, 2.05) is 27.7 Å². The van der Waals surface area contributed by atoms with Gasteiger partial charge in [-0.2, -0.15) is 0 Å². The van der Waals surface area contributed by atoms with Gasteiger partial charge in [0.2, 0.25) is 0 Å². The Hall–Kier alpha value is -2.16. The van der Waals surface area contributed by atoms with Crippen molar-refractivity contribution in [2.45, 2.75) is 39.3 Å². The first-order valence-corrected chi connectivity index (χ1v) is 10.1. The molecule has 0 radical (unpaired) electrons. The fraction of sp³-hybridized carbons (Fsp3) is 0.619. The van der Waals surface area contributed by atoms with Crippen molar-refractivity contribution in [2.75, 3.05) is 51.3 Å². The molecule has 0 spiro atoms. The molecule has 1 aliphatic heterocycles. The second-order valence-corrected chi connectivity index (χ2v) is 8.28. The van der Waals surface area contributed by atoms with E-state index in [2.05, 4.69) is 15.5 Å². The van der Waals surface area contributed by atoms with Crippen LogP contribution in [0.3, 0.4) is 0 Å². The molecule has 0 aromatic heterocycles. The molecule has 3 amide bonds. The molecule has 1 atom stereocenters. The Labute approximate surface area is 173 Å². The number of para-hydroxylation sites is 1. The maximum Gasteiger partial charge on any atom is 0.321 e. The van der Waals surface area contributed by atoms with Gasteiger partial charge in [0.15, 0.2) is 0 Å². The highest BCUT2D eigenvalue weighted by molar-refractivity contribution is 6.03. The fourth-order valence-corrected chi connectivity index (χ4v) is 3.13. The van der Waals surface area contributed by atoms with Crippen LogP contribution in [0, 0.1) is 0 Å². The van der Waals surface area contributed by atoms with Gasteiger partial charge in [-0.3, -0.25) is 9.69 Å². The Kier molecular flexibility index (Phi) is 8.43. The minimum atomic E-state index is -0.525. The van der Waals surface area contributed by atoms with Crippen LogP contribution in [0.1, 0.15) is 38.1 Å². The Morgan fingerprint density at radius 1 is 1.17 bits per heavy atom. The number of benzene rings is 1. The number of anilines is 1. The Morgan fingerprint density at radius 3 is 2.45 bits per heavy atom. The average Bonchev–Trinajstić information content (AvgIpc) is 2.66. The molecule has 1 fully saturated rings. The van der Waals surface area contributed by atoms with Crippen LogP contribution in [0.15, 0.2) is 24.3 Å². The van der Waals surface area contributed by atoms with Crippen molar-refractivity contribution >= 4 is 17.6 Å². The second kappa shape index (κ2) is 10.6. The number of carbonyl (C=O) groups is 2. The van der Waals surface area contributed by atoms with Crippen LogP contribution in [0.25, 0.3) is 0 Å². The minimum Gasteiger partial charge on any atom is -0.389 e. The minimum absolute atomic E-state index is 0.221. The predicted molar refractivity (Wildman–Crippen MR) is 113 cm³/mol. The van der Waals surface area contributed by atoms with Gasteiger partial charge in [0.25, 0.3) is 5.91 Å². The van der Waals surface area contributed by atoms with E-state index >= 15 is 0 Å². The summed E-state index contributed by atoms with van der Waals surface area (Å²) < 4.78 is 5.24. The van der Waals surface area contributed by atoms with Crippen LogP contribution in [-0.4, -0.2) is 84.4 Å². The number of aliphatic hydroxyl groups excluding tert-OH is 1. The first-order chi connectivity index (χ1) is 13.7. The molecule has 162 valence electrons. The number of aliphatic hydroxyl groups is 1. The van der Waals surface area contributed by atoms with Gasteiger partial charge in [0, 0.05) is 44.9 Å². The van der Waals surface area contributed by atoms with E-state index in [0.717, 1.165) is 0 Å². The maximum atomic E-state index is 12.7. The number of piperazine rings is 1. The molecule has 1 aromatic rings. The topological polar surface area (TPSA) is 94.1 Å². The molecule has 1 aromatic carbocycles. The highest BCUT2D eigenvalue weighted by Crippen LogP contribution is 2.17. The number of hydrogen-bond acceptors (Lipinski definition) is 5. The van der Waals surface area contributed by atoms with Gasteiger partial charge >= 0.3 is 6.03 Å². The summed E-state index contributed by atoms with van der Waals surface area (Å²) in [4.78, 5) is 29.1. The zero-order valence-electron chi connectivity index (χ0n) is 17.9. The standard InChI is InChI=1S/C21H34N4O4/c1-5-29-15-16(26)14-24-10-12-25(13-11-24)20(28)22-18-9-7-6-8-17(18)19(27)23-21(2,3)4/h6-9,16,26H,5,10-15H2,1-4H3,(H,22,28)(H,23,27)/t16-/m1/s1. The number of rotatable bonds is 7. The smallest absolute Gasteiger partial charge is 0.321 e. The van der Waals surface area contributed by atoms with Crippen LogP contribution >= 0.6 is 0 Å². The van der Waals surface area contributed by atoms with Gasteiger partial charge < -0.3 is 25.4 Å². The zero-order chi connectivity index (χ0) is 21.4. The monoisotopic (exact) mass is 406 g/mol. The highest BCUT2D eigenvalue weighted by Gasteiger charge is 2.24. The molecule has 2 rings (SSSR count). The van der Waals surface area contributed by atoms with Gasteiger partial charge in [-0.05, 0) is 39.8 Å². The number of hydrogen-bond donors (Lipinski definition) is 3. The Balaban J connectivity index is 1.90. The quantitative estimate of drug-likeness (QED) is 0.642. The van der Waals surface area contributed by atoms with Gasteiger partial charge in [-0.25, -0.2) is 4.79 Å². The van der Waals surface area contributed by atoms with Crippen LogP contribution in [0.2, 0.25) is 0 Å². The van der Waals surface area contributed by atoms with Gasteiger partial charge in [0.05, 0.1) is 24.0 Å². The summed E-state index contributed by atoms with van der Waals surface area (Å²) in [5.41, 5.74) is 0.569. The first kappa shape index (κ1) is 23.1. The molecular weight excluding hydrogens is 372 g/mol. The summed E-state index contributed by atoms with van der Waals surface area (Å²) in [6.07, 6.45) is -0.525. The van der Waals surface area contributed by atoms with Crippen molar-refractivity contribution in [1.29, 1.82) is 0 Å². The van der Waals surface area contributed by atoms with Gasteiger partial charge in [-0.1, -0.05) is 12.1 Å². The lowest BCUT2D eigenvalue weighted by molar-refractivity contribution is 0.0139. The van der Waals surface area contributed by atoms with E-state index in [4.69, 9.17) is 4.74 Å². The lowest BCUT2D eigenvalue weighted by Gasteiger charge is -2.35. The molecule has 0 bridgehead atoms. The average molecular weight is 407 g/mol. The van der Waals surface area contributed by atoms with Crippen molar-refractivity contribution in [3.8, 4) is 0 Å². The molecule has 1 aliphatic rings. The fourth-order valence-electron chi connectivity index (χ4n) is 3.13. The van der Waals surface area contributed by atoms with Crippen molar-refractivity contribution in [2.24, 2.45) is 0 Å². The molecule has 29 heavy (non-hydrogen) atoms. The van der Waals surface area contributed by atoms with Crippen molar-refractivity contribution in [1.82, 2.24) is 15.1 Å². The summed E-state index contributed by atoms with van der Waals surface area (Å²) in [5.74, 6) is -0.221. The Morgan fingerprint density at radius 2 is 1.83 bits per heavy atom. The van der Waals surface area contributed by atoms with Crippen molar-refractivity contribution < 1.29 is 19.4 Å².